The summed E-state index contributed by atoms with van der Waals surface area (Å²) in [7, 11) is 0. The third-order valence-electron chi connectivity index (χ3n) is 5.95. The van der Waals surface area contributed by atoms with E-state index in [0.717, 1.165) is 11.1 Å². The van der Waals surface area contributed by atoms with E-state index in [2.05, 4.69) is 0 Å². The van der Waals surface area contributed by atoms with Crippen molar-refractivity contribution in [2.45, 2.75) is 19.3 Å². The van der Waals surface area contributed by atoms with E-state index < -0.39 is 5.41 Å². The van der Waals surface area contributed by atoms with Gasteiger partial charge in [0.25, 0.3) is 0 Å². The Morgan fingerprint density at radius 1 is 0.969 bits per heavy atom. The molecule has 6 nitrogen and oxygen atoms in total. The summed E-state index contributed by atoms with van der Waals surface area (Å²) in [5.74, 6) is 1.12. The maximum atomic E-state index is 13.1. The first kappa shape index (κ1) is 22.2. The smallest absolute Gasteiger partial charge is 0.246 e. The number of fused-ring (bicyclic) bond motifs is 1. The lowest BCUT2D eigenvalue weighted by atomic mass is 9.83. The summed E-state index contributed by atoms with van der Waals surface area (Å²) >= 11 is 6.27. The first-order valence-electron chi connectivity index (χ1n) is 10.8. The maximum Gasteiger partial charge on any atom is 0.246 e. The van der Waals surface area contributed by atoms with Crippen molar-refractivity contribution >= 4 is 29.5 Å². The van der Waals surface area contributed by atoms with Crippen molar-refractivity contribution in [3.8, 4) is 11.5 Å². The van der Waals surface area contributed by atoms with Crippen LogP contribution in [0.3, 0.4) is 0 Å². The number of hydrogen-bond acceptors (Lipinski definition) is 4. The van der Waals surface area contributed by atoms with Crippen LogP contribution >= 0.6 is 11.6 Å². The van der Waals surface area contributed by atoms with Crippen LogP contribution in [0.25, 0.3) is 6.08 Å². The Bertz CT molecular complexity index is 1030. The molecule has 1 fully saturated rings. The van der Waals surface area contributed by atoms with E-state index in [0.29, 0.717) is 55.9 Å². The van der Waals surface area contributed by atoms with Gasteiger partial charge >= 0.3 is 0 Å². The second kappa shape index (κ2) is 9.25. The third kappa shape index (κ3) is 4.60. The Balaban J connectivity index is 1.36. The van der Waals surface area contributed by atoms with Gasteiger partial charge in [0, 0.05) is 32.3 Å². The first-order chi connectivity index (χ1) is 15.4. The summed E-state index contributed by atoms with van der Waals surface area (Å²) in [6.45, 7) is 6.88. The number of piperazine rings is 1. The number of hydrogen-bond donors (Lipinski definition) is 0. The Morgan fingerprint density at radius 2 is 1.62 bits per heavy atom. The average Bonchev–Trinajstić information content (AvgIpc) is 2.82. The molecule has 0 bridgehead atoms. The molecule has 0 unspecified atom stereocenters. The normalized spacial score (nSPS) is 16.3. The molecule has 0 spiro atoms. The minimum Gasteiger partial charge on any atom is -0.486 e. The van der Waals surface area contributed by atoms with Gasteiger partial charge < -0.3 is 19.3 Å². The van der Waals surface area contributed by atoms with Crippen LogP contribution in [0.4, 0.5) is 0 Å². The summed E-state index contributed by atoms with van der Waals surface area (Å²) in [5, 5.41) is 0.461. The molecular formula is C25H27ClN2O4. The van der Waals surface area contributed by atoms with Gasteiger partial charge in [-0.15, -0.1) is 0 Å². The van der Waals surface area contributed by atoms with Gasteiger partial charge in [-0.2, -0.15) is 0 Å². The van der Waals surface area contributed by atoms with Crippen molar-refractivity contribution < 1.29 is 19.1 Å². The Morgan fingerprint density at radius 3 is 2.34 bits per heavy atom. The summed E-state index contributed by atoms with van der Waals surface area (Å²) in [5.41, 5.74) is 1.15. The molecule has 2 aromatic rings. The molecule has 2 aliphatic rings. The highest BCUT2D eigenvalue weighted by Crippen LogP contribution is 2.38. The molecule has 0 aromatic heterocycles. The average molecular weight is 455 g/mol. The Kier molecular flexibility index (Phi) is 6.42. The molecule has 2 heterocycles. The predicted molar refractivity (Wildman–Crippen MR) is 124 cm³/mol. The molecular weight excluding hydrogens is 428 g/mol. The number of benzene rings is 2. The molecule has 0 radical (unpaired) electrons. The number of carbonyl (C=O) groups excluding carboxylic acids is 2. The SMILES string of the molecule is CC(C)(C(=O)N1CCN(C(=O)/C=C/c2cc(Cl)c3c(c2)OCCO3)CC1)c1ccccc1. The highest BCUT2D eigenvalue weighted by atomic mass is 35.5. The van der Waals surface area contributed by atoms with Crippen molar-refractivity contribution in [2.75, 3.05) is 39.4 Å². The molecule has 0 saturated carbocycles. The molecule has 32 heavy (non-hydrogen) atoms. The van der Waals surface area contributed by atoms with E-state index in [1.807, 2.05) is 55.1 Å². The summed E-state index contributed by atoms with van der Waals surface area (Å²) in [6.07, 6.45) is 3.26. The van der Waals surface area contributed by atoms with Crippen LogP contribution in [-0.4, -0.2) is 61.0 Å². The fourth-order valence-electron chi connectivity index (χ4n) is 4.00. The Hall–Kier alpha value is -2.99. The highest BCUT2D eigenvalue weighted by molar-refractivity contribution is 6.32. The van der Waals surface area contributed by atoms with Crippen LogP contribution in [0.2, 0.25) is 5.02 Å². The zero-order valence-electron chi connectivity index (χ0n) is 18.3. The third-order valence-corrected chi connectivity index (χ3v) is 6.23. The van der Waals surface area contributed by atoms with Crippen molar-refractivity contribution in [2.24, 2.45) is 0 Å². The topological polar surface area (TPSA) is 59.1 Å². The van der Waals surface area contributed by atoms with Crippen molar-refractivity contribution in [1.82, 2.24) is 9.80 Å². The predicted octanol–water partition coefficient (Wildman–Crippen LogP) is 3.77. The second-order valence-corrected chi connectivity index (χ2v) is 8.88. The zero-order valence-corrected chi connectivity index (χ0v) is 19.1. The first-order valence-corrected chi connectivity index (χ1v) is 11.1. The minimum absolute atomic E-state index is 0.0808. The van der Waals surface area contributed by atoms with E-state index in [-0.39, 0.29) is 11.8 Å². The van der Waals surface area contributed by atoms with Gasteiger partial charge in [-0.05, 0) is 43.2 Å². The van der Waals surface area contributed by atoms with E-state index in [1.54, 1.807) is 17.0 Å². The monoisotopic (exact) mass is 454 g/mol. The molecule has 2 amide bonds. The van der Waals surface area contributed by atoms with Crippen molar-refractivity contribution in [3.63, 3.8) is 0 Å². The minimum atomic E-state index is -0.606. The van der Waals surface area contributed by atoms with E-state index in [4.69, 9.17) is 21.1 Å². The van der Waals surface area contributed by atoms with Crippen LogP contribution in [-0.2, 0) is 15.0 Å². The van der Waals surface area contributed by atoms with Gasteiger partial charge in [-0.3, -0.25) is 9.59 Å². The molecule has 1 saturated heterocycles. The molecule has 2 aliphatic heterocycles. The van der Waals surface area contributed by atoms with Gasteiger partial charge in [0.05, 0.1) is 10.4 Å². The van der Waals surface area contributed by atoms with Crippen molar-refractivity contribution in [1.29, 1.82) is 0 Å². The van der Waals surface area contributed by atoms with Gasteiger partial charge in [0.2, 0.25) is 11.8 Å². The molecule has 0 aliphatic carbocycles. The molecule has 4 rings (SSSR count). The molecule has 0 atom stereocenters. The quantitative estimate of drug-likeness (QED) is 0.660. The maximum absolute atomic E-state index is 13.1. The van der Waals surface area contributed by atoms with E-state index in [9.17, 15) is 9.59 Å². The Labute approximate surface area is 193 Å². The number of amides is 2. The molecule has 7 heteroatoms. The number of rotatable bonds is 4. The van der Waals surface area contributed by atoms with E-state index >= 15 is 0 Å². The van der Waals surface area contributed by atoms with Gasteiger partial charge in [-0.25, -0.2) is 0 Å². The van der Waals surface area contributed by atoms with Crippen LogP contribution in [0.1, 0.15) is 25.0 Å². The van der Waals surface area contributed by atoms with Crippen LogP contribution < -0.4 is 9.47 Å². The number of ether oxygens (including phenoxy) is 2. The van der Waals surface area contributed by atoms with Gasteiger partial charge in [-0.1, -0.05) is 41.9 Å². The molecule has 2 aromatic carbocycles. The molecule has 0 N–H and O–H groups in total. The number of halogens is 1. The summed E-state index contributed by atoms with van der Waals surface area (Å²) < 4.78 is 11.1. The fraction of sp³-hybridized carbons (Fsp3) is 0.360. The number of nitrogens with zero attached hydrogens (tertiary/aromatic N) is 2. The standard InChI is InChI=1S/C25H27ClN2O4/c1-25(2,19-6-4-3-5-7-19)24(30)28-12-10-27(11-13-28)22(29)9-8-18-16-20(26)23-21(17-18)31-14-15-32-23/h3-9,16-17H,10-15H2,1-2H3/b9-8+. The lowest BCUT2D eigenvalue weighted by Gasteiger charge is -2.38. The van der Waals surface area contributed by atoms with E-state index in [1.165, 1.54) is 6.08 Å². The van der Waals surface area contributed by atoms with Gasteiger partial charge in [0.15, 0.2) is 11.5 Å². The van der Waals surface area contributed by atoms with Crippen LogP contribution in [0, 0.1) is 0 Å². The lowest BCUT2D eigenvalue weighted by molar-refractivity contribution is -0.141. The molecule has 168 valence electrons. The van der Waals surface area contributed by atoms with Gasteiger partial charge in [0.1, 0.15) is 13.2 Å². The van der Waals surface area contributed by atoms with Crippen LogP contribution in [0.5, 0.6) is 11.5 Å². The zero-order chi connectivity index (χ0) is 22.7. The van der Waals surface area contributed by atoms with Crippen molar-refractivity contribution in [3.05, 3.63) is 64.7 Å². The highest BCUT2D eigenvalue weighted by Gasteiger charge is 2.35. The summed E-state index contributed by atoms with van der Waals surface area (Å²) in [4.78, 5) is 29.4. The summed E-state index contributed by atoms with van der Waals surface area (Å²) in [6, 6.07) is 13.4. The largest absolute Gasteiger partial charge is 0.486 e. The second-order valence-electron chi connectivity index (χ2n) is 8.47. The fourth-order valence-corrected chi connectivity index (χ4v) is 4.28. The lowest BCUT2D eigenvalue weighted by Crippen LogP contribution is -2.54. The number of carbonyl (C=O) groups is 2. The van der Waals surface area contributed by atoms with Crippen LogP contribution in [0.15, 0.2) is 48.5 Å².